The van der Waals surface area contributed by atoms with Crippen molar-refractivity contribution >= 4 is 33.4 Å². The monoisotopic (exact) mass is 675 g/mol. The first-order valence-corrected chi connectivity index (χ1v) is 17.3. The predicted molar refractivity (Wildman–Crippen MR) is 177 cm³/mol. The van der Waals surface area contributed by atoms with Crippen molar-refractivity contribution in [3.05, 3.63) is 69.7 Å². The minimum absolute atomic E-state index is 0.00574. The van der Waals surface area contributed by atoms with Gasteiger partial charge in [-0.1, -0.05) is 26.0 Å². The molecule has 2 aromatic carbocycles. The van der Waals surface area contributed by atoms with Crippen molar-refractivity contribution in [1.82, 2.24) is 14.6 Å². The number of hydrogen-bond donors (Lipinski definition) is 2. The second kappa shape index (κ2) is 15.9. The van der Waals surface area contributed by atoms with Crippen molar-refractivity contribution in [1.29, 1.82) is 0 Å². The SMILES string of the molecule is CC(=O)Oc1ccc(S(=O)(=O)N(CC(C)C)CC(O)C(Cc2ccc(OCc3csc(C)n3)cc2)NC(=O)OC(C)(C)C)cc1C. The minimum atomic E-state index is -4.09. The molecule has 0 radical (unpaired) electrons. The summed E-state index contributed by atoms with van der Waals surface area (Å²) >= 11 is 1.55. The minimum Gasteiger partial charge on any atom is -0.487 e. The molecule has 0 spiro atoms. The van der Waals surface area contributed by atoms with Crippen LogP contribution >= 0.6 is 11.3 Å². The summed E-state index contributed by atoms with van der Waals surface area (Å²) in [7, 11) is -4.09. The Labute approximate surface area is 276 Å². The molecular weight excluding hydrogens is 631 g/mol. The molecule has 1 heterocycles. The molecule has 1 aromatic heterocycles. The fourth-order valence-electron chi connectivity index (χ4n) is 4.56. The number of carbonyl (C=O) groups excluding carboxylic acids is 2. The van der Waals surface area contributed by atoms with Gasteiger partial charge in [-0.15, -0.1) is 11.3 Å². The maximum atomic E-state index is 13.9. The molecule has 3 rings (SSSR count). The van der Waals surface area contributed by atoms with Crippen molar-refractivity contribution in [3.8, 4) is 11.5 Å². The van der Waals surface area contributed by atoms with Crippen LogP contribution in [0.3, 0.4) is 0 Å². The number of thiazole rings is 1. The number of aliphatic hydroxyl groups is 1. The Bertz CT molecular complexity index is 1580. The Kier molecular flexibility index (Phi) is 12.7. The second-order valence-electron chi connectivity index (χ2n) is 12.6. The summed E-state index contributed by atoms with van der Waals surface area (Å²) in [4.78, 5) is 28.6. The summed E-state index contributed by atoms with van der Waals surface area (Å²) in [6, 6.07) is 10.6. The number of hydrogen-bond acceptors (Lipinski definition) is 10. The van der Waals surface area contributed by atoms with Crippen LogP contribution in [0.2, 0.25) is 0 Å². The van der Waals surface area contributed by atoms with Crippen LogP contribution in [-0.4, -0.2) is 65.7 Å². The van der Waals surface area contributed by atoms with Gasteiger partial charge < -0.3 is 24.6 Å². The molecule has 3 aromatic rings. The Balaban J connectivity index is 1.83. The largest absolute Gasteiger partial charge is 0.487 e. The van der Waals surface area contributed by atoms with Crippen molar-refractivity contribution in [2.45, 2.75) is 91.1 Å². The van der Waals surface area contributed by atoms with Gasteiger partial charge in [0.2, 0.25) is 10.0 Å². The van der Waals surface area contributed by atoms with Gasteiger partial charge >= 0.3 is 12.1 Å². The third kappa shape index (κ3) is 11.4. The topological polar surface area (TPSA) is 144 Å². The van der Waals surface area contributed by atoms with Gasteiger partial charge in [-0.3, -0.25) is 4.79 Å². The molecule has 1 amide bonds. The van der Waals surface area contributed by atoms with Gasteiger partial charge in [-0.2, -0.15) is 4.31 Å². The van der Waals surface area contributed by atoms with Crippen LogP contribution in [0.15, 0.2) is 52.7 Å². The fourth-order valence-corrected chi connectivity index (χ4v) is 6.87. The molecule has 2 atom stereocenters. The molecule has 252 valence electrons. The maximum Gasteiger partial charge on any atom is 0.407 e. The highest BCUT2D eigenvalue weighted by molar-refractivity contribution is 7.89. The highest BCUT2D eigenvalue weighted by Crippen LogP contribution is 2.26. The number of aromatic nitrogens is 1. The average Bonchev–Trinajstić information content (AvgIpc) is 3.36. The van der Waals surface area contributed by atoms with Crippen LogP contribution < -0.4 is 14.8 Å². The van der Waals surface area contributed by atoms with Gasteiger partial charge in [0.15, 0.2) is 0 Å². The third-order valence-corrected chi connectivity index (χ3v) is 9.25. The van der Waals surface area contributed by atoms with E-state index < -0.39 is 39.8 Å². The number of alkyl carbamates (subject to hydrolysis) is 1. The third-order valence-electron chi connectivity index (χ3n) is 6.60. The number of rotatable bonds is 14. The number of sulfonamides is 1. The predicted octanol–water partition coefficient (Wildman–Crippen LogP) is 5.41. The van der Waals surface area contributed by atoms with Gasteiger partial charge in [0.05, 0.1) is 27.7 Å². The van der Waals surface area contributed by atoms with Crippen LogP contribution in [-0.2, 0) is 32.6 Å². The molecule has 11 nitrogen and oxygen atoms in total. The van der Waals surface area contributed by atoms with E-state index >= 15 is 0 Å². The summed E-state index contributed by atoms with van der Waals surface area (Å²) in [6.07, 6.45) is -1.84. The van der Waals surface area contributed by atoms with Crippen molar-refractivity contribution in [3.63, 3.8) is 0 Å². The molecule has 46 heavy (non-hydrogen) atoms. The molecule has 0 aliphatic carbocycles. The summed E-state index contributed by atoms with van der Waals surface area (Å²) in [6.45, 7) is 14.0. The van der Waals surface area contributed by atoms with E-state index in [1.807, 2.05) is 38.3 Å². The number of ether oxygens (including phenoxy) is 3. The lowest BCUT2D eigenvalue weighted by Gasteiger charge is -2.31. The molecule has 13 heteroatoms. The number of nitrogens with zero attached hydrogens (tertiary/aromatic N) is 2. The van der Waals surface area contributed by atoms with E-state index in [4.69, 9.17) is 14.2 Å². The molecule has 2 N–H and O–H groups in total. The Morgan fingerprint density at radius 3 is 2.28 bits per heavy atom. The second-order valence-corrected chi connectivity index (χ2v) is 15.6. The Hall–Kier alpha value is -3.52. The highest BCUT2D eigenvalue weighted by atomic mass is 32.2. The van der Waals surface area contributed by atoms with E-state index in [0.29, 0.717) is 17.9 Å². The zero-order valence-corrected chi connectivity index (χ0v) is 29.3. The molecular formula is C33H45N3O8S2. The van der Waals surface area contributed by atoms with Gasteiger partial charge in [0.25, 0.3) is 0 Å². The van der Waals surface area contributed by atoms with E-state index in [0.717, 1.165) is 16.3 Å². The van der Waals surface area contributed by atoms with Crippen LogP contribution in [0, 0.1) is 19.8 Å². The maximum absolute atomic E-state index is 13.9. The van der Waals surface area contributed by atoms with Gasteiger partial charge in [-0.25, -0.2) is 18.2 Å². The number of esters is 1. The van der Waals surface area contributed by atoms with E-state index in [9.17, 15) is 23.1 Å². The summed E-state index contributed by atoms with van der Waals surface area (Å²) in [5.41, 5.74) is 1.32. The van der Waals surface area contributed by atoms with Crippen molar-refractivity contribution < 1.29 is 37.3 Å². The smallest absolute Gasteiger partial charge is 0.407 e. The summed E-state index contributed by atoms with van der Waals surface area (Å²) < 4.78 is 45.4. The van der Waals surface area contributed by atoms with Crippen molar-refractivity contribution in [2.75, 3.05) is 13.1 Å². The van der Waals surface area contributed by atoms with Crippen LogP contribution in [0.1, 0.15) is 63.4 Å². The van der Waals surface area contributed by atoms with Crippen molar-refractivity contribution in [2.24, 2.45) is 5.92 Å². The molecule has 0 aliphatic heterocycles. The van der Waals surface area contributed by atoms with Crippen LogP contribution in [0.4, 0.5) is 4.79 Å². The summed E-state index contributed by atoms with van der Waals surface area (Å²) in [5.74, 6) is 0.315. The first-order chi connectivity index (χ1) is 21.4. The lowest BCUT2D eigenvalue weighted by atomic mass is 10.0. The lowest BCUT2D eigenvalue weighted by Crippen LogP contribution is -2.51. The molecule has 0 saturated heterocycles. The van der Waals surface area contributed by atoms with Crippen LogP contribution in [0.5, 0.6) is 11.5 Å². The zero-order chi connectivity index (χ0) is 34.2. The van der Waals surface area contributed by atoms with Crippen LogP contribution in [0.25, 0.3) is 0 Å². The molecule has 0 bridgehead atoms. The first kappa shape index (κ1) is 36.9. The van der Waals surface area contributed by atoms with Gasteiger partial charge in [-0.05, 0) is 88.4 Å². The molecule has 0 aliphatic rings. The number of benzene rings is 2. The van der Waals surface area contributed by atoms with Gasteiger partial charge in [0, 0.05) is 25.4 Å². The average molecular weight is 676 g/mol. The van der Waals surface area contributed by atoms with Gasteiger partial charge in [0.1, 0.15) is 23.7 Å². The van der Waals surface area contributed by atoms with E-state index in [-0.39, 0.29) is 36.1 Å². The lowest BCUT2D eigenvalue weighted by molar-refractivity contribution is -0.131. The standard InChI is InChI=1S/C33H45N3O8S2/c1-21(2)17-36(46(40,41)28-13-14-31(22(3)15-28)43-24(5)37)18-30(38)29(35-32(39)44-33(6,7)8)16-25-9-11-27(12-10-25)42-19-26-20-45-23(4)34-26/h9-15,20-21,29-30,38H,16-19H2,1-8H3,(H,35,39). The first-order valence-electron chi connectivity index (χ1n) is 15.0. The van der Waals surface area contributed by atoms with E-state index in [1.54, 1.807) is 51.2 Å². The normalized spacial score (nSPS) is 13.4. The highest BCUT2D eigenvalue weighted by Gasteiger charge is 2.32. The number of carbonyl (C=O) groups is 2. The number of aryl methyl sites for hydroxylation is 2. The number of aliphatic hydroxyl groups excluding tert-OH is 1. The fraction of sp³-hybridized carbons (Fsp3) is 0.485. The number of amides is 1. The quantitative estimate of drug-likeness (QED) is 0.169. The Morgan fingerprint density at radius 1 is 1.07 bits per heavy atom. The Morgan fingerprint density at radius 2 is 1.74 bits per heavy atom. The summed E-state index contributed by atoms with van der Waals surface area (Å²) in [5, 5.41) is 17.2. The molecule has 0 fully saturated rings. The van der Waals surface area contributed by atoms with E-state index in [2.05, 4.69) is 10.3 Å². The molecule has 2 unspecified atom stereocenters. The zero-order valence-electron chi connectivity index (χ0n) is 27.7. The van der Waals surface area contributed by atoms with E-state index in [1.165, 1.54) is 29.4 Å². The number of nitrogens with one attached hydrogen (secondary N) is 1. The molecule has 0 saturated carbocycles.